The average Bonchev–Trinajstić information content (AvgIpc) is 2.48. The highest BCUT2D eigenvalue weighted by atomic mass is 32.2. The number of ether oxygens (including phenoxy) is 1. The van der Waals surface area contributed by atoms with Crippen molar-refractivity contribution < 1.29 is 9.13 Å². The number of methoxy groups -OCH3 is 1. The van der Waals surface area contributed by atoms with Gasteiger partial charge in [0.25, 0.3) is 0 Å². The minimum atomic E-state index is -0.357. The number of thiocarbonyl (C=S) groups is 1. The largest absolute Gasteiger partial charge is 0.494 e. The smallest absolute Gasteiger partial charge is 0.145 e. The highest BCUT2D eigenvalue weighted by Gasteiger charge is 2.12. The quantitative estimate of drug-likeness (QED) is 0.645. The average molecular weight is 322 g/mol. The van der Waals surface area contributed by atoms with E-state index in [0.29, 0.717) is 16.4 Å². The number of thioether (sulfide) groups is 1. The minimum Gasteiger partial charge on any atom is -0.494 e. The predicted molar refractivity (Wildman–Crippen MR) is 90.3 cm³/mol. The van der Waals surface area contributed by atoms with E-state index in [0.717, 1.165) is 16.1 Å². The lowest BCUT2D eigenvalue weighted by Gasteiger charge is -2.16. The highest BCUT2D eigenvalue weighted by Crippen LogP contribution is 2.33. The summed E-state index contributed by atoms with van der Waals surface area (Å²) in [6.07, 6.45) is 1.96. The summed E-state index contributed by atoms with van der Waals surface area (Å²) in [5, 5.41) is 3.20. The van der Waals surface area contributed by atoms with Gasteiger partial charge in [0.15, 0.2) is 0 Å². The van der Waals surface area contributed by atoms with Crippen LogP contribution in [0.4, 0.5) is 15.8 Å². The van der Waals surface area contributed by atoms with Gasteiger partial charge in [0.05, 0.1) is 12.8 Å². The van der Waals surface area contributed by atoms with Crippen molar-refractivity contribution in [2.75, 3.05) is 18.7 Å². The Kier molecular flexibility index (Phi) is 5.03. The van der Waals surface area contributed by atoms with E-state index in [2.05, 4.69) is 5.32 Å². The van der Waals surface area contributed by atoms with Crippen LogP contribution in [0.3, 0.4) is 0 Å². The monoisotopic (exact) mass is 322 g/mol. The Morgan fingerprint density at radius 1 is 1.29 bits per heavy atom. The topological polar surface area (TPSA) is 47.3 Å². The van der Waals surface area contributed by atoms with Crippen LogP contribution in [0.5, 0.6) is 5.75 Å². The molecule has 3 N–H and O–H groups in total. The van der Waals surface area contributed by atoms with Crippen LogP contribution in [-0.2, 0) is 0 Å². The molecule has 0 unspecified atom stereocenters. The summed E-state index contributed by atoms with van der Waals surface area (Å²) in [7, 11) is 1.49. The molecule has 2 aromatic rings. The molecule has 0 amide bonds. The third-order valence-corrected chi connectivity index (χ3v) is 3.91. The Morgan fingerprint density at radius 3 is 2.67 bits per heavy atom. The SMILES string of the molecule is COc1cc(F)ccc1Nc1cccc(SC)c1C(N)=S. The Labute approximate surface area is 132 Å². The Balaban J connectivity index is 2.47. The van der Waals surface area contributed by atoms with Crippen LogP contribution in [-0.4, -0.2) is 18.4 Å². The fourth-order valence-corrected chi connectivity index (χ4v) is 2.90. The van der Waals surface area contributed by atoms with Crippen molar-refractivity contribution in [2.24, 2.45) is 5.73 Å². The van der Waals surface area contributed by atoms with Crippen LogP contribution in [0, 0.1) is 5.82 Å². The highest BCUT2D eigenvalue weighted by molar-refractivity contribution is 7.98. The molecule has 0 fully saturated rings. The van der Waals surface area contributed by atoms with E-state index >= 15 is 0 Å². The Hall–Kier alpha value is -1.79. The summed E-state index contributed by atoms with van der Waals surface area (Å²) < 4.78 is 18.4. The molecule has 0 radical (unpaired) electrons. The normalized spacial score (nSPS) is 10.2. The van der Waals surface area contributed by atoms with Gasteiger partial charge < -0.3 is 15.8 Å². The van der Waals surface area contributed by atoms with Crippen molar-refractivity contribution >= 4 is 40.3 Å². The molecule has 0 bridgehead atoms. The number of halogens is 1. The zero-order valence-electron chi connectivity index (χ0n) is 11.6. The van der Waals surface area contributed by atoms with Crippen molar-refractivity contribution in [3.8, 4) is 5.75 Å². The number of hydrogen-bond donors (Lipinski definition) is 2. The van der Waals surface area contributed by atoms with E-state index in [-0.39, 0.29) is 5.82 Å². The van der Waals surface area contributed by atoms with Crippen molar-refractivity contribution in [1.82, 2.24) is 0 Å². The van der Waals surface area contributed by atoms with Crippen LogP contribution in [0.15, 0.2) is 41.3 Å². The van der Waals surface area contributed by atoms with Crippen LogP contribution in [0.25, 0.3) is 0 Å². The van der Waals surface area contributed by atoms with E-state index in [9.17, 15) is 4.39 Å². The second kappa shape index (κ2) is 6.78. The summed E-state index contributed by atoms with van der Waals surface area (Å²) in [6, 6.07) is 10.0. The number of hydrogen-bond acceptors (Lipinski definition) is 4. The standard InChI is InChI=1S/C15H15FN2OS2/c1-19-12-8-9(16)6-7-10(12)18-11-4-3-5-13(21-2)14(11)15(17)20/h3-8,18H,1-2H3,(H2,17,20). The van der Waals surface area contributed by atoms with Crippen LogP contribution >= 0.6 is 24.0 Å². The van der Waals surface area contributed by atoms with Gasteiger partial charge in [-0.3, -0.25) is 0 Å². The molecule has 0 aliphatic heterocycles. The molecule has 6 heteroatoms. The first-order chi connectivity index (χ1) is 10.1. The van der Waals surface area contributed by atoms with Crippen molar-refractivity contribution in [1.29, 1.82) is 0 Å². The van der Waals surface area contributed by atoms with Gasteiger partial charge in [0.1, 0.15) is 16.6 Å². The minimum absolute atomic E-state index is 0.309. The maximum absolute atomic E-state index is 13.2. The first kappa shape index (κ1) is 15.6. The molecule has 3 nitrogen and oxygen atoms in total. The number of rotatable bonds is 5. The third-order valence-electron chi connectivity index (χ3n) is 2.93. The van der Waals surface area contributed by atoms with E-state index in [1.165, 1.54) is 19.2 Å². The van der Waals surface area contributed by atoms with E-state index in [4.69, 9.17) is 22.7 Å². The Morgan fingerprint density at radius 2 is 2.05 bits per heavy atom. The maximum atomic E-state index is 13.2. The van der Waals surface area contributed by atoms with Gasteiger partial charge in [0, 0.05) is 22.2 Å². The molecular formula is C15H15FN2OS2. The van der Waals surface area contributed by atoms with Gasteiger partial charge in [-0.2, -0.15) is 0 Å². The predicted octanol–water partition coefficient (Wildman–Crippen LogP) is 3.93. The molecule has 21 heavy (non-hydrogen) atoms. The fraction of sp³-hybridized carbons (Fsp3) is 0.133. The molecule has 0 aliphatic rings. The molecule has 0 atom stereocenters. The molecule has 0 saturated carbocycles. The van der Waals surface area contributed by atoms with Crippen molar-refractivity contribution in [3.63, 3.8) is 0 Å². The first-order valence-corrected chi connectivity index (χ1v) is 7.77. The van der Waals surface area contributed by atoms with Gasteiger partial charge in [0.2, 0.25) is 0 Å². The van der Waals surface area contributed by atoms with Gasteiger partial charge in [-0.05, 0) is 30.5 Å². The second-order valence-electron chi connectivity index (χ2n) is 4.22. The second-order valence-corrected chi connectivity index (χ2v) is 5.50. The lowest BCUT2D eigenvalue weighted by atomic mass is 10.1. The third kappa shape index (κ3) is 3.46. The fourth-order valence-electron chi connectivity index (χ4n) is 1.97. The summed E-state index contributed by atoms with van der Waals surface area (Å²) in [5.74, 6) is 0.0586. The van der Waals surface area contributed by atoms with E-state index in [1.807, 2.05) is 24.5 Å². The van der Waals surface area contributed by atoms with Crippen molar-refractivity contribution in [3.05, 3.63) is 47.8 Å². The zero-order chi connectivity index (χ0) is 15.4. The first-order valence-electron chi connectivity index (χ1n) is 6.14. The van der Waals surface area contributed by atoms with Gasteiger partial charge in [-0.1, -0.05) is 18.3 Å². The molecule has 0 saturated heterocycles. The lowest BCUT2D eigenvalue weighted by Crippen LogP contribution is -2.13. The molecule has 0 aromatic heterocycles. The zero-order valence-corrected chi connectivity index (χ0v) is 13.3. The lowest BCUT2D eigenvalue weighted by molar-refractivity contribution is 0.413. The van der Waals surface area contributed by atoms with E-state index in [1.54, 1.807) is 17.8 Å². The molecule has 0 aliphatic carbocycles. The summed E-state index contributed by atoms with van der Waals surface area (Å²) >= 11 is 6.70. The van der Waals surface area contributed by atoms with Gasteiger partial charge in [-0.25, -0.2) is 4.39 Å². The molecule has 0 spiro atoms. The molecule has 0 heterocycles. The van der Waals surface area contributed by atoms with Crippen LogP contribution < -0.4 is 15.8 Å². The summed E-state index contributed by atoms with van der Waals surface area (Å²) in [4.78, 5) is 1.29. The number of nitrogens with one attached hydrogen (secondary N) is 1. The summed E-state index contributed by atoms with van der Waals surface area (Å²) in [6.45, 7) is 0. The molecular weight excluding hydrogens is 307 g/mol. The number of nitrogens with two attached hydrogens (primary N) is 1. The van der Waals surface area contributed by atoms with Crippen LogP contribution in [0.2, 0.25) is 0 Å². The number of anilines is 2. The van der Waals surface area contributed by atoms with Gasteiger partial charge in [-0.15, -0.1) is 11.8 Å². The van der Waals surface area contributed by atoms with Gasteiger partial charge >= 0.3 is 0 Å². The van der Waals surface area contributed by atoms with Crippen LogP contribution in [0.1, 0.15) is 5.56 Å². The molecule has 110 valence electrons. The molecule has 2 aromatic carbocycles. The number of benzene rings is 2. The van der Waals surface area contributed by atoms with E-state index < -0.39 is 0 Å². The van der Waals surface area contributed by atoms with Crippen molar-refractivity contribution in [2.45, 2.75) is 4.90 Å². The maximum Gasteiger partial charge on any atom is 0.145 e. The Bertz CT molecular complexity index is 677. The molecule has 2 rings (SSSR count). The summed E-state index contributed by atoms with van der Waals surface area (Å²) in [5.41, 5.74) is 8.01.